The van der Waals surface area contributed by atoms with Crippen LogP contribution in [0.15, 0.2) is 58.1 Å². The molecule has 9 heteroatoms. The van der Waals surface area contributed by atoms with Gasteiger partial charge in [-0.3, -0.25) is 18.7 Å². The van der Waals surface area contributed by atoms with Crippen LogP contribution in [0.4, 0.5) is 10.1 Å². The summed E-state index contributed by atoms with van der Waals surface area (Å²) in [6, 6.07) is 13.5. The molecule has 0 spiro atoms. The maximum Gasteiger partial charge on any atom is 0.333 e. The second-order valence-corrected chi connectivity index (χ2v) is 9.29. The number of amides is 1. The standard InChI is InChI=1S/C26H26FN5O3/c1-15-11-19(15)14-31-24-23(25(34)32(26(31)35)13-18-5-3-4-6-21(18)27)29-22(30-24)12-17-7-9-20(10-8-17)28-16(2)33/h3-10,15,19H,11-14H2,1-2H3,(H,28,33)(H,29,30)/t15-,19-/m0/s1. The number of nitrogens with one attached hydrogen (secondary N) is 2. The molecular formula is C26H26FN5O3. The zero-order chi connectivity index (χ0) is 24.7. The SMILES string of the molecule is CC(=O)Nc1ccc(Cc2nc3c([nH]2)c(=O)n(Cc2ccccc2F)c(=O)n3C[C@@H]2C[C@@H]2C)cc1. The Morgan fingerprint density at radius 3 is 2.51 bits per heavy atom. The van der Waals surface area contributed by atoms with Crippen molar-refractivity contribution in [3.8, 4) is 0 Å². The maximum atomic E-state index is 14.3. The van der Waals surface area contributed by atoms with E-state index in [4.69, 9.17) is 0 Å². The lowest BCUT2D eigenvalue weighted by Gasteiger charge is -2.11. The molecule has 0 bridgehead atoms. The molecule has 2 aromatic carbocycles. The van der Waals surface area contributed by atoms with Crippen molar-refractivity contribution in [3.63, 3.8) is 0 Å². The van der Waals surface area contributed by atoms with Crippen LogP contribution in [0.2, 0.25) is 0 Å². The van der Waals surface area contributed by atoms with E-state index in [9.17, 15) is 18.8 Å². The average Bonchev–Trinajstić information content (AvgIpc) is 3.35. The highest BCUT2D eigenvalue weighted by Gasteiger charge is 2.34. The normalized spacial score (nSPS) is 17.0. The van der Waals surface area contributed by atoms with E-state index in [1.165, 1.54) is 13.0 Å². The molecular weight excluding hydrogens is 449 g/mol. The molecule has 8 nitrogen and oxygen atoms in total. The summed E-state index contributed by atoms with van der Waals surface area (Å²) in [5.74, 6) is 0.783. The lowest BCUT2D eigenvalue weighted by molar-refractivity contribution is -0.114. The van der Waals surface area contributed by atoms with Crippen LogP contribution < -0.4 is 16.6 Å². The van der Waals surface area contributed by atoms with Gasteiger partial charge < -0.3 is 10.3 Å². The van der Waals surface area contributed by atoms with E-state index < -0.39 is 17.1 Å². The molecule has 35 heavy (non-hydrogen) atoms. The highest BCUT2D eigenvalue weighted by Crippen LogP contribution is 2.39. The molecule has 2 atom stereocenters. The lowest BCUT2D eigenvalue weighted by atomic mass is 10.1. The molecule has 0 aliphatic heterocycles. The summed E-state index contributed by atoms with van der Waals surface area (Å²) in [5.41, 5.74) is 1.45. The number of hydrogen-bond donors (Lipinski definition) is 2. The summed E-state index contributed by atoms with van der Waals surface area (Å²) in [6.07, 6.45) is 1.42. The molecule has 1 amide bonds. The third-order valence-corrected chi connectivity index (χ3v) is 6.54. The van der Waals surface area contributed by atoms with Crippen molar-refractivity contribution in [2.24, 2.45) is 11.8 Å². The molecule has 4 aromatic rings. The van der Waals surface area contributed by atoms with Crippen LogP contribution in [0.25, 0.3) is 11.2 Å². The molecule has 0 unspecified atom stereocenters. The van der Waals surface area contributed by atoms with Crippen LogP contribution in [0.1, 0.15) is 37.2 Å². The molecule has 180 valence electrons. The van der Waals surface area contributed by atoms with Gasteiger partial charge in [0.1, 0.15) is 17.2 Å². The summed E-state index contributed by atoms with van der Waals surface area (Å²) >= 11 is 0. The number of nitrogens with zero attached hydrogens (tertiary/aromatic N) is 3. The van der Waals surface area contributed by atoms with Crippen molar-refractivity contribution in [1.82, 2.24) is 19.1 Å². The number of benzene rings is 2. The fraction of sp³-hybridized carbons (Fsp3) is 0.308. The Morgan fingerprint density at radius 1 is 1.14 bits per heavy atom. The van der Waals surface area contributed by atoms with E-state index in [0.717, 1.165) is 16.6 Å². The minimum absolute atomic E-state index is 0.148. The van der Waals surface area contributed by atoms with Gasteiger partial charge in [-0.05, 0) is 42.0 Å². The smallest absolute Gasteiger partial charge is 0.333 e. The Kier molecular flexibility index (Phi) is 5.84. The van der Waals surface area contributed by atoms with E-state index in [1.54, 1.807) is 34.9 Å². The third kappa shape index (κ3) is 4.66. The molecule has 2 N–H and O–H groups in total. The Morgan fingerprint density at radius 2 is 1.86 bits per heavy atom. The second kappa shape index (κ2) is 8.98. The van der Waals surface area contributed by atoms with Crippen molar-refractivity contribution in [2.75, 3.05) is 5.32 Å². The quantitative estimate of drug-likeness (QED) is 0.428. The predicted octanol–water partition coefficient (Wildman–Crippen LogP) is 3.28. The Bertz CT molecular complexity index is 1530. The molecule has 1 fully saturated rings. The van der Waals surface area contributed by atoms with Crippen molar-refractivity contribution in [1.29, 1.82) is 0 Å². The number of anilines is 1. The van der Waals surface area contributed by atoms with Crippen LogP contribution in [-0.4, -0.2) is 25.0 Å². The van der Waals surface area contributed by atoms with Crippen LogP contribution in [0.3, 0.4) is 0 Å². The minimum atomic E-state index is -0.520. The molecule has 0 saturated heterocycles. The molecule has 1 saturated carbocycles. The van der Waals surface area contributed by atoms with Gasteiger partial charge in [0.15, 0.2) is 5.65 Å². The Hall–Kier alpha value is -4.01. The fourth-order valence-corrected chi connectivity index (χ4v) is 4.39. The first kappa shape index (κ1) is 22.8. The van der Waals surface area contributed by atoms with Crippen molar-refractivity contribution >= 4 is 22.8 Å². The van der Waals surface area contributed by atoms with Crippen LogP contribution in [0, 0.1) is 17.7 Å². The number of fused-ring (bicyclic) bond motifs is 1. The van der Waals surface area contributed by atoms with E-state index >= 15 is 0 Å². The minimum Gasteiger partial charge on any atom is -0.336 e. The van der Waals surface area contributed by atoms with Gasteiger partial charge in [-0.1, -0.05) is 37.3 Å². The Labute approximate surface area is 200 Å². The monoisotopic (exact) mass is 475 g/mol. The average molecular weight is 476 g/mol. The summed E-state index contributed by atoms with van der Waals surface area (Å²) in [5, 5.41) is 2.72. The number of H-pyrrole nitrogens is 1. The number of carbonyl (C=O) groups is 1. The summed E-state index contributed by atoms with van der Waals surface area (Å²) < 4.78 is 16.9. The maximum absolute atomic E-state index is 14.3. The summed E-state index contributed by atoms with van der Waals surface area (Å²) in [6.45, 7) is 3.88. The molecule has 5 rings (SSSR count). The van der Waals surface area contributed by atoms with Crippen molar-refractivity contribution in [2.45, 2.75) is 39.8 Å². The van der Waals surface area contributed by atoms with Gasteiger partial charge in [0.2, 0.25) is 5.91 Å². The number of aromatic nitrogens is 4. The van der Waals surface area contributed by atoms with Gasteiger partial charge in [0.25, 0.3) is 5.56 Å². The van der Waals surface area contributed by atoms with E-state index in [0.29, 0.717) is 42.0 Å². The van der Waals surface area contributed by atoms with Gasteiger partial charge in [-0.15, -0.1) is 0 Å². The first-order valence-electron chi connectivity index (χ1n) is 11.6. The third-order valence-electron chi connectivity index (χ3n) is 6.54. The fourth-order valence-electron chi connectivity index (χ4n) is 4.39. The number of carbonyl (C=O) groups excluding carboxylic acids is 1. The van der Waals surface area contributed by atoms with E-state index in [1.807, 2.05) is 12.1 Å². The first-order chi connectivity index (χ1) is 16.8. The van der Waals surface area contributed by atoms with Crippen molar-refractivity contribution in [3.05, 3.63) is 92.1 Å². The molecule has 1 aliphatic carbocycles. The van der Waals surface area contributed by atoms with Crippen LogP contribution in [-0.2, 0) is 24.3 Å². The largest absolute Gasteiger partial charge is 0.336 e. The number of rotatable bonds is 7. The number of hydrogen-bond acceptors (Lipinski definition) is 4. The van der Waals surface area contributed by atoms with E-state index in [2.05, 4.69) is 22.2 Å². The van der Waals surface area contributed by atoms with Gasteiger partial charge in [-0.2, -0.15) is 0 Å². The van der Waals surface area contributed by atoms with Gasteiger partial charge >= 0.3 is 5.69 Å². The van der Waals surface area contributed by atoms with Crippen LogP contribution in [0.5, 0.6) is 0 Å². The zero-order valence-electron chi connectivity index (χ0n) is 19.5. The number of imidazole rings is 1. The lowest BCUT2D eigenvalue weighted by Crippen LogP contribution is -2.41. The number of halogens is 1. The predicted molar refractivity (Wildman–Crippen MR) is 131 cm³/mol. The molecule has 2 aromatic heterocycles. The van der Waals surface area contributed by atoms with Crippen molar-refractivity contribution < 1.29 is 9.18 Å². The second-order valence-electron chi connectivity index (χ2n) is 9.29. The zero-order valence-corrected chi connectivity index (χ0v) is 19.5. The topological polar surface area (TPSA) is 102 Å². The summed E-state index contributed by atoms with van der Waals surface area (Å²) in [7, 11) is 0. The highest BCUT2D eigenvalue weighted by molar-refractivity contribution is 5.88. The molecule has 2 heterocycles. The Balaban J connectivity index is 1.55. The highest BCUT2D eigenvalue weighted by atomic mass is 19.1. The molecule has 0 radical (unpaired) electrons. The number of aromatic amines is 1. The first-order valence-corrected chi connectivity index (χ1v) is 11.6. The van der Waals surface area contributed by atoms with E-state index in [-0.39, 0.29) is 23.5 Å². The van der Waals surface area contributed by atoms with Gasteiger partial charge in [-0.25, -0.2) is 14.2 Å². The van der Waals surface area contributed by atoms with Gasteiger partial charge in [0, 0.05) is 31.1 Å². The van der Waals surface area contributed by atoms with Crippen LogP contribution >= 0.6 is 0 Å². The van der Waals surface area contributed by atoms with Gasteiger partial charge in [0.05, 0.1) is 6.54 Å². The molecule has 1 aliphatic rings. The summed E-state index contributed by atoms with van der Waals surface area (Å²) in [4.78, 5) is 45.7.